The topological polar surface area (TPSA) is 92.9 Å². The molecule has 2 fully saturated rings. The minimum absolute atomic E-state index is 0.0237. The SMILES string of the molecule is NCC(NC(=O)c1ccc2c(c1)[nH]c(=O)n2C1CCCC1)C1CCCCC1. The molecule has 1 aromatic heterocycles. The summed E-state index contributed by atoms with van der Waals surface area (Å²) in [6, 6.07) is 5.82. The van der Waals surface area contributed by atoms with E-state index in [1.807, 2.05) is 16.7 Å². The van der Waals surface area contributed by atoms with Crippen LogP contribution in [0.25, 0.3) is 11.0 Å². The number of aromatic nitrogens is 2. The first-order valence-corrected chi connectivity index (χ1v) is 10.4. The van der Waals surface area contributed by atoms with Gasteiger partial charge >= 0.3 is 5.69 Å². The highest BCUT2D eigenvalue weighted by Gasteiger charge is 2.25. The fourth-order valence-corrected chi connectivity index (χ4v) is 4.95. The van der Waals surface area contributed by atoms with E-state index in [4.69, 9.17) is 5.73 Å². The highest BCUT2D eigenvalue weighted by molar-refractivity contribution is 5.97. The van der Waals surface area contributed by atoms with Crippen LogP contribution in [-0.4, -0.2) is 28.0 Å². The molecule has 6 heteroatoms. The average molecular weight is 370 g/mol. The number of rotatable bonds is 5. The number of benzene rings is 1. The molecule has 1 amide bonds. The van der Waals surface area contributed by atoms with Gasteiger partial charge in [0.25, 0.3) is 5.91 Å². The van der Waals surface area contributed by atoms with Crippen molar-refractivity contribution in [3.8, 4) is 0 Å². The average Bonchev–Trinajstić information content (AvgIpc) is 3.32. The summed E-state index contributed by atoms with van der Waals surface area (Å²) in [5.74, 6) is 0.368. The third kappa shape index (κ3) is 3.68. The molecule has 2 aromatic rings. The number of hydrogen-bond donors (Lipinski definition) is 3. The molecule has 1 heterocycles. The number of imidazole rings is 1. The summed E-state index contributed by atoms with van der Waals surface area (Å²) in [7, 11) is 0. The lowest BCUT2D eigenvalue weighted by molar-refractivity contribution is 0.0915. The fraction of sp³-hybridized carbons (Fsp3) is 0.619. The van der Waals surface area contributed by atoms with Crippen LogP contribution in [0.4, 0.5) is 0 Å². The van der Waals surface area contributed by atoms with Gasteiger partial charge in [-0.15, -0.1) is 0 Å². The van der Waals surface area contributed by atoms with Crippen molar-refractivity contribution in [2.45, 2.75) is 69.9 Å². The molecule has 27 heavy (non-hydrogen) atoms. The molecule has 1 aromatic carbocycles. The molecule has 1 unspecified atom stereocenters. The van der Waals surface area contributed by atoms with Crippen molar-refractivity contribution in [1.29, 1.82) is 0 Å². The van der Waals surface area contributed by atoms with E-state index in [1.54, 1.807) is 6.07 Å². The first-order valence-electron chi connectivity index (χ1n) is 10.4. The van der Waals surface area contributed by atoms with Gasteiger partial charge in [-0.1, -0.05) is 32.1 Å². The number of amides is 1. The van der Waals surface area contributed by atoms with Gasteiger partial charge in [0, 0.05) is 24.2 Å². The van der Waals surface area contributed by atoms with Crippen LogP contribution in [0.2, 0.25) is 0 Å². The van der Waals surface area contributed by atoms with Crippen LogP contribution in [0.15, 0.2) is 23.0 Å². The van der Waals surface area contributed by atoms with E-state index in [1.165, 1.54) is 32.1 Å². The van der Waals surface area contributed by atoms with Crippen molar-refractivity contribution in [2.24, 2.45) is 11.7 Å². The van der Waals surface area contributed by atoms with Crippen LogP contribution in [0.1, 0.15) is 74.2 Å². The number of carbonyl (C=O) groups excluding carboxylic acids is 1. The van der Waals surface area contributed by atoms with Crippen LogP contribution in [0, 0.1) is 5.92 Å². The molecule has 0 radical (unpaired) electrons. The summed E-state index contributed by atoms with van der Waals surface area (Å²) >= 11 is 0. The van der Waals surface area contributed by atoms with E-state index in [0.717, 1.165) is 36.7 Å². The van der Waals surface area contributed by atoms with Crippen LogP contribution in [0.3, 0.4) is 0 Å². The number of nitrogens with zero attached hydrogens (tertiary/aromatic N) is 1. The van der Waals surface area contributed by atoms with Crippen molar-refractivity contribution < 1.29 is 4.79 Å². The Morgan fingerprint density at radius 3 is 2.56 bits per heavy atom. The zero-order chi connectivity index (χ0) is 18.8. The number of nitrogens with one attached hydrogen (secondary N) is 2. The van der Waals surface area contributed by atoms with Gasteiger partial charge < -0.3 is 16.0 Å². The number of aromatic amines is 1. The van der Waals surface area contributed by atoms with E-state index >= 15 is 0 Å². The Bertz CT molecular complexity index is 857. The fourth-order valence-electron chi connectivity index (χ4n) is 4.95. The van der Waals surface area contributed by atoms with Gasteiger partial charge in [0.1, 0.15) is 0 Å². The van der Waals surface area contributed by atoms with Gasteiger partial charge in [-0.25, -0.2) is 4.79 Å². The summed E-state index contributed by atoms with van der Waals surface area (Å²) in [5, 5.41) is 3.13. The smallest absolute Gasteiger partial charge is 0.326 e. The Kier molecular flexibility index (Phi) is 5.34. The van der Waals surface area contributed by atoms with E-state index < -0.39 is 0 Å². The molecule has 6 nitrogen and oxygen atoms in total. The zero-order valence-electron chi connectivity index (χ0n) is 15.9. The van der Waals surface area contributed by atoms with E-state index in [2.05, 4.69) is 10.3 Å². The first-order chi connectivity index (χ1) is 13.2. The second-order valence-electron chi connectivity index (χ2n) is 8.18. The summed E-state index contributed by atoms with van der Waals surface area (Å²) in [6.07, 6.45) is 10.4. The maximum absolute atomic E-state index is 12.8. The summed E-state index contributed by atoms with van der Waals surface area (Å²) in [4.78, 5) is 28.1. The van der Waals surface area contributed by atoms with Crippen molar-refractivity contribution in [3.05, 3.63) is 34.2 Å². The van der Waals surface area contributed by atoms with Gasteiger partial charge in [0.2, 0.25) is 0 Å². The third-order valence-electron chi connectivity index (χ3n) is 6.46. The predicted molar refractivity (Wildman–Crippen MR) is 107 cm³/mol. The minimum Gasteiger partial charge on any atom is -0.348 e. The van der Waals surface area contributed by atoms with Crippen molar-refractivity contribution in [3.63, 3.8) is 0 Å². The predicted octanol–water partition coefficient (Wildman–Crippen LogP) is 3.08. The normalized spacial score (nSPS) is 20.2. The molecule has 4 N–H and O–H groups in total. The molecule has 2 aliphatic carbocycles. The van der Waals surface area contributed by atoms with Gasteiger partial charge in [-0.3, -0.25) is 9.36 Å². The van der Waals surface area contributed by atoms with E-state index in [0.29, 0.717) is 18.0 Å². The van der Waals surface area contributed by atoms with E-state index in [-0.39, 0.29) is 23.7 Å². The molecule has 0 aliphatic heterocycles. The molecule has 0 spiro atoms. The molecule has 1 atom stereocenters. The first kappa shape index (κ1) is 18.3. The Balaban J connectivity index is 1.54. The lowest BCUT2D eigenvalue weighted by Crippen LogP contribution is -2.45. The highest BCUT2D eigenvalue weighted by Crippen LogP contribution is 2.31. The Morgan fingerprint density at radius 1 is 1.15 bits per heavy atom. The minimum atomic E-state index is -0.104. The molecule has 0 bridgehead atoms. The van der Waals surface area contributed by atoms with Gasteiger partial charge in [-0.05, 0) is 49.8 Å². The molecule has 4 rings (SSSR count). The van der Waals surface area contributed by atoms with E-state index in [9.17, 15) is 9.59 Å². The number of fused-ring (bicyclic) bond motifs is 1. The molecule has 146 valence electrons. The number of nitrogens with two attached hydrogens (primary N) is 1. The Hall–Kier alpha value is -2.08. The third-order valence-corrected chi connectivity index (χ3v) is 6.46. The summed E-state index contributed by atoms with van der Waals surface area (Å²) in [5.41, 5.74) is 8.09. The number of hydrogen-bond acceptors (Lipinski definition) is 3. The second-order valence-corrected chi connectivity index (χ2v) is 8.18. The van der Waals surface area contributed by atoms with Crippen LogP contribution < -0.4 is 16.7 Å². The molecule has 2 saturated carbocycles. The monoisotopic (exact) mass is 370 g/mol. The second kappa shape index (κ2) is 7.89. The summed E-state index contributed by atoms with van der Waals surface area (Å²) in [6.45, 7) is 0.466. The molecule has 0 saturated heterocycles. The van der Waals surface area contributed by atoms with Crippen molar-refractivity contribution in [1.82, 2.24) is 14.9 Å². The van der Waals surface area contributed by atoms with Crippen LogP contribution >= 0.6 is 0 Å². The van der Waals surface area contributed by atoms with Gasteiger partial charge in [0.05, 0.1) is 11.0 Å². The van der Waals surface area contributed by atoms with Gasteiger partial charge in [0.15, 0.2) is 0 Å². The molecular formula is C21H30N4O2. The zero-order valence-corrected chi connectivity index (χ0v) is 15.9. The maximum atomic E-state index is 12.8. The Labute approximate surface area is 159 Å². The largest absolute Gasteiger partial charge is 0.348 e. The summed E-state index contributed by atoms with van der Waals surface area (Å²) < 4.78 is 1.87. The standard InChI is InChI=1S/C21H30N4O2/c22-13-18(14-6-2-1-3-7-14)23-20(26)15-10-11-19-17(12-15)24-21(27)25(19)16-8-4-5-9-16/h10-12,14,16,18H,1-9,13,22H2,(H,23,26)(H,24,27). The maximum Gasteiger partial charge on any atom is 0.326 e. The molecular weight excluding hydrogens is 340 g/mol. The van der Waals surface area contributed by atoms with Crippen molar-refractivity contribution >= 4 is 16.9 Å². The number of H-pyrrole nitrogens is 1. The lowest BCUT2D eigenvalue weighted by atomic mass is 9.84. The van der Waals surface area contributed by atoms with Gasteiger partial charge in [-0.2, -0.15) is 0 Å². The number of carbonyl (C=O) groups is 1. The van der Waals surface area contributed by atoms with Crippen LogP contribution in [-0.2, 0) is 0 Å². The van der Waals surface area contributed by atoms with Crippen LogP contribution in [0.5, 0.6) is 0 Å². The lowest BCUT2D eigenvalue weighted by Gasteiger charge is -2.30. The highest BCUT2D eigenvalue weighted by atomic mass is 16.2. The quantitative estimate of drug-likeness (QED) is 0.755. The Morgan fingerprint density at radius 2 is 1.85 bits per heavy atom. The molecule has 2 aliphatic rings. The van der Waals surface area contributed by atoms with Crippen molar-refractivity contribution in [2.75, 3.05) is 6.54 Å².